The van der Waals surface area contributed by atoms with E-state index >= 15 is 0 Å². The first-order valence-corrected chi connectivity index (χ1v) is 13.6. The predicted octanol–water partition coefficient (Wildman–Crippen LogP) is 1.20. The minimum Gasteiger partial charge on any atom is -0.479 e. The maximum absolute atomic E-state index is 13.0. The maximum atomic E-state index is 13.0. The van der Waals surface area contributed by atoms with Gasteiger partial charge in [0.1, 0.15) is 27.1 Å². The number of carboxylic acids is 2. The van der Waals surface area contributed by atoms with Crippen LogP contribution >= 0.6 is 46.5 Å². The molecule has 0 aliphatic carbocycles. The number of aromatic nitrogens is 1. The van der Waals surface area contributed by atoms with Crippen LogP contribution in [0, 0.1) is 0 Å². The molecule has 38 heavy (non-hydrogen) atoms. The van der Waals surface area contributed by atoms with E-state index in [2.05, 4.69) is 20.3 Å². The Hall–Kier alpha value is -3.03. The van der Waals surface area contributed by atoms with Gasteiger partial charge in [-0.3, -0.25) is 24.6 Å². The topological polar surface area (TPSA) is 188 Å². The van der Waals surface area contributed by atoms with E-state index in [1.165, 1.54) is 28.8 Å². The third kappa shape index (κ3) is 6.33. The zero-order chi connectivity index (χ0) is 28.4. The van der Waals surface area contributed by atoms with Crippen molar-refractivity contribution in [3.8, 4) is 0 Å². The number of hydrogen-bond acceptors (Lipinski definition) is 11. The summed E-state index contributed by atoms with van der Waals surface area (Å²) in [5.41, 5.74) is -1.03. The van der Waals surface area contributed by atoms with Crippen molar-refractivity contribution in [1.29, 1.82) is 0 Å². The van der Waals surface area contributed by atoms with Crippen molar-refractivity contribution in [3.05, 3.63) is 21.3 Å². The van der Waals surface area contributed by atoms with Crippen molar-refractivity contribution in [2.24, 2.45) is 5.16 Å². The van der Waals surface area contributed by atoms with E-state index in [4.69, 9.17) is 16.7 Å². The van der Waals surface area contributed by atoms with Gasteiger partial charge in [-0.05, 0) is 11.8 Å². The molecule has 3 heterocycles. The summed E-state index contributed by atoms with van der Waals surface area (Å²) in [6.45, 7) is -1.02. The molecule has 1 fully saturated rings. The maximum Gasteiger partial charge on any atom is 0.471 e. The van der Waals surface area contributed by atoms with E-state index < -0.39 is 74.7 Å². The molecule has 2 aliphatic heterocycles. The molecule has 206 valence electrons. The summed E-state index contributed by atoms with van der Waals surface area (Å²) < 4.78 is 37.3. The van der Waals surface area contributed by atoms with E-state index in [1.54, 1.807) is 6.26 Å². The first-order valence-electron chi connectivity index (χ1n) is 9.92. The summed E-state index contributed by atoms with van der Waals surface area (Å²) in [7, 11) is 0. The molecular weight excluding hydrogens is 603 g/mol. The number of aliphatic carboxylic acids is 2. The van der Waals surface area contributed by atoms with Crippen molar-refractivity contribution in [2.45, 2.75) is 17.6 Å². The molecule has 20 heteroatoms. The molecule has 1 aromatic heterocycles. The zero-order valence-electron chi connectivity index (χ0n) is 18.7. The Balaban J connectivity index is 1.85. The summed E-state index contributed by atoms with van der Waals surface area (Å²) in [4.78, 5) is 68.8. The first-order chi connectivity index (χ1) is 17.8. The van der Waals surface area contributed by atoms with Gasteiger partial charge in [-0.2, -0.15) is 24.9 Å². The van der Waals surface area contributed by atoms with Gasteiger partial charge in [0.15, 0.2) is 10.8 Å². The predicted molar refractivity (Wildman–Crippen MR) is 130 cm³/mol. The molecule has 0 saturated carbocycles. The molecule has 0 spiro atoms. The Morgan fingerprint density at radius 2 is 2.00 bits per heavy atom. The SMILES string of the molecule is CSCC1=C(C(=O)O)N2C(=O)C(NC(=O)/C(=N/OCC(=O)O)c3nc(NC(=O)C(F)(F)F)sc3Cl)[C@H]2SC1. The third-order valence-electron chi connectivity index (χ3n) is 4.70. The molecule has 0 aromatic carbocycles. The number of carboxylic acid groups (broad SMARTS) is 2. The number of thiazole rings is 1. The van der Waals surface area contributed by atoms with Crippen LogP contribution in [0.25, 0.3) is 0 Å². The van der Waals surface area contributed by atoms with Crippen LogP contribution in [0.15, 0.2) is 16.4 Å². The first kappa shape index (κ1) is 29.5. The number of carbonyl (C=O) groups is 5. The molecule has 13 nitrogen and oxygen atoms in total. The summed E-state index contributed by atoms with van der Waals surface area (Å²) in [6.07, 6.45) is -3.48. The van der Waals surface area contributed by atoms with Crippen LogP contribution < -0.4 is 10.6 Å². The molecule has 1 saturated heterocycles. The van der Waals surface area contributed by atoms with Crippen LogP contribution in [-0.4, -0.2) is 97.4 Å². The summed E-state index contributed by atoms with van der Waals surface area (Å²) in [6, 6.07) is -1.23. The Labute approximate surface area is 227 Å². The van der Waals surface area contributed by atoms with Crippen molar-refractivity contribution in [1.82, 2.24) is 15.2 Å². The van der Waals surface area contributed by atoms with Crippen LogP contribution in [0.5, 0.6) is 0 Å². The minimum absolute atomic E-state index is 0.190. The van der Waals surface area contributed by atoms with Crippen LogP contribution in [0.1, 0.15) is 5.69 Å². The van der Waals surface area contributed by atoms with Crippen LogP contribution in [-0.2, 0) is 28.8 Å². The number of carbonyl (C=O) groups excluding carboxylic acids is 3. The highest BCUT2D eigenvalue weighted by molar-refractivity contribution is 8.00. The second kappa shape index (κ2) is 11.8. The molecule has 1 aromatic rings. The smallest absolute Gasteiger partial charge is 0.471 e. The second-order valence-corrected chi connectivity index (χ2v) is 10.8. The molecule has 2 aliphatic rings. The molecule has 2 atom stereocenters. The number of halogens is 4. The van der Waals surface area contributed by atoms with Gasteiger partial charge in [-0.25, -0.2) is 14.6 Å². The van der Waals surface area contributed by atoms with Gasteiger partial charge in [0, 0.05) is 11.5 Å². The second-order valence-electron chi connectivity index (χ2n) is 7.25. The highest BCUT2D eigenvalue weighted by atomic mass is 35.5. The lowest BCUT2D eigenvalue weighted by Gasteiger charge is -2.49. The summed E-state index contributed by atoms with van der Waals surface area (Å²) in [5.74, 6) is -6.44. The number of fused-ring (bicyclic) bond motifs is 1. The van der Waals surface area contributed by atoms with Crippen LogP contribution in [0.3, 0.4) is 0 Å². The van der Waals surface area contributed by atoms with Gasteiger partial charge < -0.3 is 20.4 Å². The summed E-state index contributed by atoms with van der Waals surface area (Å²) >= 11 is 8.89. The normalized spacial score (nSPS) is 19.4. The number of thioether (sulfide) groups is 2. The minimum atomic E-state index is -5.25. The zero-order valence-corrected chi connectivity index (χ0v) is 21.9. The Kier molecular flexibility index (Phi) is 9.16. The van der Waals surface area contributed by atoms with Crippen molar-refractivity contribution < 1.29 is 52.2 Å². The standard InChI is InChI=1S/C18H15ClF3N5O8S3/c1-36-3-5-4-37-14-9(13(31)27(14)10(5)15(32)33)23-12(30)8(26-35-2-6(28)29)7-11(19)38-17(24-7)25-16(34)18(20,21)22/h9,14H,2-4H2,1H3,(H,23,30)(H,28,29)(H,32,33)(H,24,25,34)/b26-8+/t9?,14-/m1/s1. The van der Waals surface area contributed by atoms with Gasteiger partial charge in [0.25, 0.3) is 11.8 Å². The largest absolute Gasteiger partial charge is 0.479 e. The molecule has 0 bridgehead atoms. The van der Waals surface area contributed by atoms with E-state index in [-0.39, 0.29) is 11.4 Å². The number of hydrogen-bond donors (Lipinski definition) is 4. The number of β-lactam (4-membered cyclic amide) rings is 1. The van der Waals surface area contributed by atoms with Crippen LogP contribution in [0.2, 0.25) is 4.34 Å². The molecule has 1 unspecified atom stereocenters. The van der Waals surface area contributed by atoms with E-state index in [0.717, 1.165) is 4.90 Å². The fourth-order valence-electron chi connectivity index (χ4n) is 3.19. The Morgan fingerprint density at radius 3 is 2.58 bits per heavy atom. The fourth-order valence-corrected chi connectivity index (χ4v) is 6.29. The van der Waals surface area contributed by atoms with E-state index in [9.17, 15) is 42.3 Å². The quantitative estimate of drug-likeness (QED) is 0.168. The number of nitrogens with zero attached hydrogens (tertiary/aromatic N) is 3. The van der Waals surface area contributed by atoms with E-state index in [0.29, 0.717) is 22.7 Å². The lowest BCUT2D eigenvalue weighted by atomic mass is 10.0. The number of nitrogens with one attached hydrogen (secondary N) is 2. The number of alkyl halides is 3. The number of amides is 3. The van der Waals surface area contributed by atoms with E-state index in [1.807, 2.05) is 0 Å². The lowest BCUT2D eigenvalue weighted by molar-refractivity contribution is -0.167. The average molecular weight is 618 g/mol. The van der Waals surface area contributed by atoms with Gasteiger partial charge >= 0.3 is 24.0 Å². The number of rotatable bonds is 10. The Bertz CT molecular complexity index is 1250. The van der Waals surface area contributed by atoms with Gasteiger partial charge in [0.2, 0.25) is 6.61 Å². The van der Waals surface area contributed by atoms with Crippen molar-refractivity contribution >= 4 is 87.0 Å². The number of oxime groups is 1. The molecule has 3 rings (SSSR count). The molecule has 3 amide bonds. The van der Waals surface area contributed by atoms with Gasteiger partial charge in [0.05, 0.1) is 0 Å². The van der Waals surface area contributed by atoms with Gasteiger partial charge in [-0.15, -0.1) is 11.8 Å². The molecule has 4 N–H and O–H groups in total. The van der Waals surface area contributed by atoms with Gasteiger partial charge in [-0.1, -0.05) is 28.1 Å². The molecule has 0 radical (unpaired) electrons. The monoisotopic (exact) mass is 617 g/mol. The van der Waals surface area contributed by atoms with Crippen molar-refractivity contribution in [2.75, 3.05) is 29.7 Å². The highest BCUT2D eigenvalue weighted by Crippen LogP contribution is 2.41. The third-order valence-corrected chi connectivity index (χ3v) is 7.85. The highest BCUT2D eigenvalue weighted by Gasteiger charge is 2.54. The number of anilines is 1. The van der Waals surface area contributed by atoms with Crippen LogP contribution in [0.4, 0.5) is 18.3 Å². The average Bonchev–Trinajstić information content (AvgIpc) is 3.18. The fraction of sp³-hybridized carbons (Fsp3) is 0.389. The summed E-state index contributed by atoms with van der Waals surface area (Å²) in [5, 5.41) is 24.1. The lowest BCUT2D eigenvalue weighted by Crippen LogP contribution is -2.71. The van der Waals surface area contributed by atoms with Crippen molar-refractivity contribution in [3.63, 3.8) is 0 Å². The molecular formula is C18H15ClF3N5O8S3. The Morgan fingerprint density at radius 1 is 1.32 bits per heavy atom.